The molecule has 2 N–H and O–H groups in total. The predicted molar refractivity (Wildman–Crippen MR) is 117 cm³/mol. The van der Waals surface area contributed by atoms with Gasteiger partial charge in [0.1, 0.15) is 0 Å². The Morgan fingerprint density at radius 2 is 1.85 bits per heavy atom. The first kappa shape index (κ1) is 19.9. The molecule has 0 aliphatic heterocycles. The molecule has 4 nitrogen and oxygen atoms in total. The number of para-hydroxylation sites is 1. The number of nitrogens with one attached hydrogen (secondary N) is 2. The minimum absolute atomic E-state index is 0.484. The summed E-state index contributed by atoms with van der Waals surface area (Å²) in [6.07, 6.45) is 5.14. The van der Waals surface area contributed by atoms with Crippen LogP contribution in [0.4, 0.5) is 11.4 Å². The molecule has 0 saturated heterocycles. The first-order valence-corrected chi connectivity index (χ1v) is 9.54. The largest absolute Gasteiger partial charge is 0.375 e. The highest BCUT2D eigenvalue weighted by Crippen LogP contribution is 2.15. The van der Waals surface area contributed by atoms with Crippen LogP contribution >= 0.6 is 12.2 Å². The van der Waals surface area contributed by atoms with Gasteiger partial charge in [0.25, 0.3) is 0 Å². The van der Waals surface area contributed by atoms with Gasteiger partial charge in [-0.3, -0.25) is 5.43 Å². The Morgan fingerprint density at radius 1 is 1.12 bits per heavy atom. The normalized spacial score (nSPS) is 10.7. The van der Waals surface area contributed by atoms with Crippen LogP contribution in [0.3, 0.4) is 0 Å². The van der Waals surface area contributed by atoms with Gasteiger partial charge in [-0.15, -0.1) is 0 Å². The van der Waals surface area contributed by atoms with Crippen LogP contribution in [0.2, 0.25) is 0 Å². The van der Waals surface area contributed by atoms with Crippen LogP contribution in [0, 0.1) is 0 Å². The molecule has 5 heteroatoms. The minimum Gasteiger partial charge on any atom is -0.375 e. The molecule has 0 radical (unpaired) electrons. The molecule has 0 unspecified atom stereocenters. The molecule has 0 aromatic heterocycles. The Labute approximate surface area is 162 Å². The van der Waals surface area contributed by atoms with E-state index in [0.29, 0.717) is 5.11 Å². The fraction of sp³-hybridized carbons (Fsp3) is 0.333. The smallest absolute Gasteiger partial charge is 0.191 e. The quantitative estimate of drug-likeness (QED) is 0.399. The van der Waals surface area contributed by atoms with Crippen molar-refractivity contribution < 1.29 is 0 Å². The number of hydrazone groups is 1. The molecule has 2 aromatic rings. The maximum Gasteiger partial charge on any atom is 0.191 e. The van der Waals surface area contributed by atoms with E-state index in [1.54, 1.807) is 6.21 Å². The third-order valence-corrected chi connectivity index (χ3v) is 4.40. The van der Waals surface area contributed by atoms with Crippen LogP contribution in [0.1, 0.15) is 37.8 Å². The van der Waals surface area contributed by atoms with Crippen molar-refractivity contribution in [3.63, 3.8) is 0 Å². The molecule has 0 amide bonds. The van der Waals surface area contributed by atoms with E-state index in [-0.39, 0.29) is 0 Å². The second-order valence-corrected chi connectivity index (χ2v) is 6.61. The average molecular weight is 369 g/mol. The van der Waals surface area contributed by atoms with E-state index in [0.717, 1.165) is 24.2 Å². The Balaban J connectivity index is 1.86. The molecular formula is C21H28N4S. The molecular weight excluding hydrogens is 340 g/mol. The summed E-state index contributed by atoms with van der Waals surface area (Å²) in [4.78, 5) is 2.27. The maximum atomic E-state index is 5.31. The lowest BCUT2D eigenvalue weighted by atomic mass is 10.1. The Morgan fingerprint density at radius 3 is 2.54 bits per heavy atom. The molecule has 0 saturated carbocycles. The Bertz CT molecular complexity index is 725. The summed E-state index contributed by atoms with van der Waals surface area (Å²) >= 11 is 5.31. The van der Waals surface area contributed by atoms with Crippen molar-refractivity contribution in [1.29, 1.82) is 0 Å². The van der Waals surface area contributed by atoms with Crippen LogP contribution in [-0.4, -0.2) is 24.9 Å². The van der Waals surface area contributed by atoms with Crippen molar-refractivity contribution in [2.45, 2.75) is 33.1 Å². The lowest BCUT2D eigenvalue weighted by Gasteiger charge is -2.18. The number of anilines is 2. The zero-order valence-electron chi connectivity index (χ0n) is 15.8. The third-order valence-electron chi connectivity index (χ3n) is 4.21. The van der Waals surface area contributed by atoms with Crippen molar-refractivity contribution in [2.75, 3.05) is 23.8 Å². The summed E-state index contributed by atoms with van der Waals surface area (Å²) in [5, 5.41) is 7.90. The monoisotopic (exact) mass is 368 g/mol. The van der Waals surface area contributed by atoms with E-state index in [4.69, 9.17) is 12.2 Å². The molecule has 0 aliphatic rings. The first-order chi connectivity index (χ1) is 12.6. The van der Waals surface area contributed by atoms with E-state index < -0.39 is 0 Å². The van der Waals surface area contributed by atoms with Crippen LogP contribution in [0.25, 0.3) is 0 Å². The molecule has 26 heavy (non-hydrogen) atoms. The van der Waals surface area contributed by atoms with Crippen LogP contribution in [-0.2, 0) is 6.42 Å². The van der Waals surface area contributed by atoms with Crippen LogP contribution < -0.4 is 15.6 Å². The maximum absolute atomic E-state index is 5.31. The van der Waals surface area contributed by atoms with Gasteiger partial charge in [-0.1, -0.05) is 50.6 Å². The van der Waals surface area contributed by atoms with Crippen LogP contribution in [0.15, 0.2) is 53.6 Å². The summed E-state index contributed by atoms with van der Waals surface area (Å²) in [5.74, 6) is 0. The van der Waals surface area contributed by atoms with Gasteiger partial charge >= 0.3 is 0 Å². The minimum atomic E-state index is 0.484. The molecule has 138 valence electrons. The van der Waals surface area contributed by atoms with Gasteiger partial charge in [0, 0.05) is 25.0 Å². The van der Waals surface area contributed by atoms with E-state index in [1.165, 1.54) is 24.1 Å². The van der Waals surface area contributed by atoms with Crippen molar-refractivity contribution in [3.05, 3.63) is 59.7 Å². The van der Waals surface area contributed by atoms with Crippen molar-refractivity contribution in [1.82, 2.24) is 5.43 Å². The highest BCUT2D eigenvalue weighted by Gasteiger charge is 2.02. The molecule has 0 spiro atoms. The molecule has 0 heterocycles. The zero-order chi connectivity index (χ0) is 18.8. The fourth-order valence-corrected chi connectivity index (χ4v) is 2.77. The SMILES string of the molecule is CCCCN(C)c1ccc(/C=N/NC(=S)Nc2ccccc2CC)cc1. The summed E-state index contributed by atoms with van der Waals surface area (Å²) in [5.41, 5.74) is 7.37. The Kier molecular flexibility index (Phi) is 8.09. The third kappa shape index (κ3) is 6.15. The molecule has 2 rings (SSSR count). The van der Waals surface area contributed by atoms with Crippen molar-refractivity contribution >= 4 is 34.9 Å². The van der Waals surface area contributed by atoms with E-state index in [9.17, 15) is 0 Å². The molecule has 2 aromatic carbocycles. The van der Waals surface area contributed by atoms with Gasteiger partial charge in [-0.05, 0) is 54.4 Å². The van der Waals surface area contributed by atoms with Gasteiger partial charge < -0.3 is 10.2 Å². The van der Waals surface area contributed by atoms with Gasteiger partial charge in [0.05, 0.1) is 6.21 Å². The Hall–Kier alpha value is -2.40. The average Bonchev–Trinajstić information content (AvgIpc) is 2.67. The summed E-state index contributed by atoms with van der Waals surface area (Å²) in [6.45, 7) is 5.41. The summed E-state index contributed by atoms with van der Waals surface area (Å²) in [6, 6.07) is 16.5. The second-order valence-electron chi connectivity index (χ2n) is 6.20. The number of hydrogen-bond donors (Lipinski definition) is 2. The van der Waals surface area contributed by atoms with Crippen molar-refractivity contribution in [2.24, 2.45) is 5.10 Å². The van der Waals surface area contributed by atoms with E-state index in [2.05, 4.69) is 72.0 Å². The van der Waals surface area contributed by atoms with Crippen LogP contribution in [0.5, 0.6) is 0 Å². The van der Waals surface area contributed by atoms with Gasteiger partial charge in [0.2, 0.25) is 0 Å². The fourth-order valence-electron chi connectivity index (χ4n) is 2.61. The topological polar surface area (TPSA) is 39.7 Å². The molecule has 0 aliphatic carbocycles. The number of nitrogens with zero attached hydrogens (tertiary/aromatic N) is 2. The number of aryl methyl sites for hydroxylation is 1. The number of hydrogen-bond acceptors (Lipinski definition) is 3. The number of rotatable bonds is 8. The zero-order valence-corrected chi connectivity index (χ0v) is 16.6. The van der Waals surface area contributed by atoms with E-state index in [1.807, 2.05) is 18.2 Å². The molecule has 0 bridgehead atoms. The lowest BCUT2D eigenvalue weighted by Crippen LogP contribution is -2.24. The molecule has 0 fully saturated rings. The predicted octanol–water partition coefficient (Wildman–Crippen LogP) is 4.81. The number of unbranched alkanes of at least 4 members (excludes halogenated alkanes) is 1. The lowest BCUT2D eigenvalue weighted by molar-refractivity contribution is 0.767. The standard InChI is InChI=1S/C21H28N4S/c1-4-6-15-25(3)19-13-11-17(12-14-19)16-22-24-21(26)23-20-10-8-7-9-18(20)5-2/h7-14,16H,4-6,15H2,1-3H3,(H2,23,24,26)/b22-16+. The highest BCUT2D eigenvalue weighted by atomic mass is 32.1. The summed E-state index contributed by atoms with van der Waals surface area (Å²) in [7, 11) is 2.12. The number of benzene rings is 2. The van der Waals surface area contributed by atoms with Gasteiger partial charge in [0.15, 0.2) is 5.11 Å². The summed E-state index contributed by atoms with van der Waals surface area (Å²) < 4.78 is 0. The molecule has 0 atom stereocenters. The highest BCUT2D eigenvalue weighted by molar-refractivity contribution is 7.80. The van der Waals surface area contributed by atoms with Crippen molar-refractivity contribution in [3.8, 4) is 0 Å². The van der Waals surface area contributed by atoms with Gasteiger partial charge in [-0.2, -0.15) is 5.10 Å². The first-order valence-electron chi connectivity index (χ1n) is 9.13. The van der Waals surface area contributed by atoms with E-state index >= 15 is 0 Å². The van der Waals surface area contributed by atoms with Gasteiger partial charge in [-0.25, -0.2) is 0 Å². The number of thiocarbonyl (C=S) groups is 1. The second kappa shape index (κ2) is 10.6.